The summed E-state index contributed by atoms with van der Waals surface area (Å²) in [4.78, 5) is 11.9. The van der Waals surface area contributed by atoms with Crippen LogP contribution >= 0.6 is 0 Å². The van der Waals surface area contributed by atoms with Crippen LogP contribution in [0.2, 0.25) is 0 Å². The minimum Gasteiger partial charge on any atom is -0.374 e. The molecule has 0 saturated carbocycles. The van der Waals surface area contributed by atoms with Crippen LogP contribution in [0, 0.1) is 0 Å². The van der Waals surface area contributed by atoms with Gasteiger partial charge >= 0.3 is 0 Å². The number of benzene rings is 1. The van der Waals surface area contributed by atoms with E-state index >= 15 is 0 Å². The van der Waals surface area contributed by atoms with Crippen molar-refractivity contribution in [2.75, 3.05) is 13.2 Å². The fraction of sp³-hybridized carbons (Fsp3) is 0.462. The lowest BCUT2D eigenvalue weighted by atomic mass is 9.89. The number of hydrogen-bond acceptors (Lipinski definition) is 3. The molecule has 0 aliphatic heterocycles. The summed E-state index contributed by atoms with van der Waals surface area (Å²) in [6.45, 7) is 4.40. The third-order valence-electron chi connectivity index (χ3n) is 2.53. The molecule has 3 nitrogen and oxygen atoms in total. The average molecular weight is 221 g/mol. The topological polar surface area (TPSA) is 52.3 Å². The maximum absolute atomic E-state index is 11.9. The summed E-state index contributed by atoms with van der Waals surface area (Å²) in [6.07, 6.45) is 0.903. The Balaban J connectivity index is 2.66. The molecule has 0 aliphatic carbocycles. The smallest absolute Gasteiger partial charge is 0.182 e. The molecule has 1 rings (SSSR count). The predicted octanol–water partition coefficient (Wildman–Crippen LogP) is 1.86. The number of carbonyl (C=O) groups excluding carboxylic acids is 1. The molecule has 3 heteroatoms. The molecule has 1 aromatic carbocycles. The van der Waals surface area contributed by atoms with Crippen molar-refractivity contribution >= 4 is 5.78 Å². The Hall–Kier alpha value is -1.19. The highest BCUT2D eigenvalue weighted by molar-refractivity contribution is 5.90. The molecule has 0 radical (unpaired) electrons. The van der Waals surface area contributed by atoms with E-state index in [2.05, 4.69) is 0 Å². The second-order valence-corrected chi connectivity index (χ2v) is 4.04. The van der Waals surface area contributed by atoms with Gasteiger partial charge in [0.15, 0.2) is 5.78 Å². The van der Waals surface area contributed by atoms with Crippen LogP contribution < -0.4 is 5.73 Å². The number of nitrogens with two attached hydrogens (primary N) is 1. The second kappa shape index (κ2) is 5.77. The summed E-state index contributed by atoms with van der Waals surface area (Å²) in [6, 6.07) is 9.37. The lowest BCUT2D eigenvalue weighted by Gasteiger charge is -2.23. The summed E-state index contributed by atoms with van der Waals surface area (Å²) >= 11 is 0. The van der Waals surface area contributed by atoms with E-state index in [1.54, 1.807) is 6.92 Å². The molecule has 0 spiro atoms. The zero-order valence-corrected chi connectivity index (χ0v) is 9.90. The monoisotopic (exact) mass is 221 g/mol. The standard InChI is InChI=1S/C13H19NO2/c1-3-9-16-10-12(15)13(2,14)11-7-5-4-6-8-11/h4-8H,3,9-10,14H2,1-2H3. The molecular weight excluding hydrogens is 202 g/mol. The van der Waals surface area contributed by atoms with E-state index in [1.807, 2.05) is 37.3 Å². The minimum atomic E-state index is -0.963. The highest BCUT2D eigenvalue weighted by atomic mass is 16.5. The van der Waals surface area contributed by atoms with Gasteiger partial charge in [0, 0.05) is 6.61 Å². The van der Waals surface area contributed by atoms with E-state index in [-0.39, 0.29) is 12.4 Å². The Morgan fingerprint density at radius 3 is 2.56 bits per heavy atom. The highest BCUT2D eigenvalue weighted by Crippen LogP contribution is 2.18. The number of Topliss-reactive ketones (excluding diaryl/α,β-unsaturated/α-hetero) is 1. The van der Waals surface area contributed by atoms with Gasteiger partial charge in [0.05, 0.1) is 5.54 Å². The van der Waals surface area contributed by atoms with Crippen LogP contribution in [-0.4, -0.2) is 19.0 Å². The van der Waals surface area contributed by atoms with Gasteiger partial charge in [-0.2, -0.15) is 0 Å². The van der Waals surface area contributed by atoms with Gasteiger partial charge in [0.25, 0.3) is 0 Å². The van der Waals surface area contributed by atoms with E-state index in [0.29, 0.717) is 6.61 Å². The zero-order valence-electron chi connectivity index (χ0n) is 9.90. The van der Waals surface area contributed by atoms with E-state index in [1.165, 1.54) is 0 Å². The first-order valence-electron chi connectivity index (χ1n) is 5.54. The van der Waals surface area contributed by atoms with E-state index in [0.717, 1.165) is 12.0 Å². The molecule has 88 valence electrons. The maximum atomic E-state index is 11.9. The molecule has 0 fully saturated rings. The molecule has 0 amide bonds. The molecule has 1 unspecified atom stereocenters. The van der Waals surface area contributed by atoms with Crippen molar-refractivity contribution in [3.8, 4) is 0 Å². The summed E-state index contributed by atoms with van der Waals surface area (Å²) in [5.41, 5.74) is 5.89. The van der Waals surface area contributed by atoms with E-state index in [9.17, 15) is 4.79 Å². The van der Waals surface area contributed by atoms with Crippen molar-refractivity contribution in [3.63, 3.8) is 0 Å². The van der Waals surface area contributed by atoms with Gasteiger partial charge in [-0.05, 0) is 18.9 Å². The fourth-order valence-corrected chi connectivity index (χ4v) is 1.40. The van der Waals surface area contributed by atoms with Gasteiger partial charge in [-0.15, -0.1) is 0 Å². The first kappa shape index (κ1) is 12.9. The number of ketones is 1. The Morgan fingerprint density at radius 1 is 1.38 bits per heavy atom. The Bertz CT molecular complexity index is 333. The number of hydrogen-bond donors (Lipinski definition) is 1. The zero-order chi connectivity index (χ0) is 12.0. The number of carbonyl (C=O) groups is 1. The summed E-state index contributed by atoms with van der Waals surface area (Å²) in [5, 5.41) is 0. The van der Waals surface area contributed by atoms with Gasteiger partial charge in [-0.1, -0.05) is 37.3 Å². The van der Waals surface area contributed by atoms with Crippen molar-refractivity contribution in [2.24, 2.45) is 5.73 Å². The molecule has 0 aliphatic rings. The SMILES string of the molecule is CCCOCC(=O)C(C)(N)c1ccccc1. The first-order chi connectivity index (χ1) is 7.59. The van der Waals surface area contributed by atoms with Crippen molar-refractivity contribution < 1.29 is 9.53 Å². The van der Waals surface area contributed by atoms with Crippen LogP contribution in [0.1, 0.15) is 25.8 Å². The van der Waals surface area contributed by atoms with Crippen LogP contribution in [0.5, 0.6) is 0 Å². The van der Waals surface area contributed by atoms with Crippen LogP contribution in [0.3, 0.4) is 0 Å². The van der Waals surface area contributed by atoms with Gasteiger partial charge < -0.3 is 10.5 Å². The lowest BCUT2D eigenvalue weighted by Crippen LogP contribution is -2.44. The molecule has 0 saturated heterocycles. The van der Waals surface area contributed by atoms with Gasteiger partial charge in [-0.25, -0.2) is 0 Å². The summed E-state index contributed by atoms with van der Waals surface area (Å²) < 4.78 is 5.22. The average Bonchev–Trinajstić information content (AvgIpc) is 2.30. The van der Waals surface area contributed by atoms with E-state index in [4.69, 9.17) is 10.5 Å². The first-order valence-corrected chi connectivity index (χ1v) is 5.54. The Kier molecular flexibility index (Phi) is 4.65. The summed E-state index contributed by atoms with van der Waals surface area (Å²) in [7, 11) is 0. The third-order valence-corrected chi connectivity index (χ3v) is 2.53. The van der Waals surface area contributed by atoms with Gasteiger partial charge in [0.2, 0.25) is 0 Å². The van der Waals surface area contributed by atoms with Crippen LogP contribution in [0.15, 0.2) is 30.3 Å². The molecule has 0 aromatic heterocycles. The van der Waals surface area contributed by atoms with E-state index < -0.39 is 5.54 Å². The largest absolute Gasteiger partial charge is 0.374 e. The van der Waals surface area contributed by atoms with Crippen LogP contribution in [0.4, 0.5) is 0 Å². The second-order valence-electron chi connectivity index (χ2n) is 4.04. The number of ether oxygens (including phenoxy) is 1. The molecular formula is C13H19NO2. The normalized spacial score (nSPS) is 14.4. The highest BCUT2D eigenvalue weighted by Gasteiger charge is 2.29. The molecule has 0 bridgehead atoms. The van der Waals surface area contributed by atoms with Crippen molar-refractivity contribution in [3.05, 3.63) is 35.9 Å². The van der Waals surface area contributed by atoms with Crippen LogP contribution in [0.25, 0.3) is 0 Å². The van der Waals surface area contributed by atoms with Gasteiger partial charge in [-0.3, -0.25) is 4.79 Å². The molecule has 0 heterocycles. The summed E-state index contributed by atoms with van der Waals surface area (Å²) in [5.74, 6) is -0.0906. The maximum Gasteiger partial charge on any atom is 0.182 e. The molecule has 1 aromatic rings. The Morgan fingerprint density at radius 2 is 2.00 bits per heavy atom. The quantitative estimate of drug-likeness (QED) is 0.746. The molecule has 1 atom stereocenters. The molecule has 16 heavy (non-hydrogen) atoms. The van der Waals surface area contributed by atoms with Crippen LogP contribution in [-0.2, 0) is 15.1 Å². The predicted molar refractivity (Wildman–Crippen MR) is 64.1 cm³/mol. The van der Waals surface area contributed by atoms with Crippen molar-refractivity contribution in [1.82, 2.24) is 0 Å². The van der Waals surface area contributed by atoms with Crippen molar-refractivity contribution in [1.29, 1.82) is 0 Å². The van der Waals surface area contributed by atoms with Crippen molar-refractivity contribution in [2.45, 2.75) is 25.8 Å². The Labute approximate surface area is 96.6 Å². The van der Waals surface area contributed by atoms with Gasteiger partial charge in [0.1, 0.15) is 6.61 Å². The lowest BCUT2D eigenvalue weighted by molar-refractivity contribution is -0.128. The molecule has 2 N–H and O–H groups in total. The minimum absolute atomic E-state index is 0.0791. The third kappa shape index (κ3) is 3.15. The fourth-order valence-electron chi connectivity index (χ4n) is 1.40. The number of rotatable bonds is 6.